The molecule has 1 aromatic heterocycles. The van der Waals surface area contributed by atoms with Crippen LogP contribution in [-0.2, 0) is 13.0 Å². The number of carbonyl (C=O) groups excluding carboxylic acids is 1. The van der Waals surface area contributed by atoms with Gasteiger partial charge in [-0.15, -0.1) is 0 Å². The van der Waals surface area contributed by atoms with Crippen LogP contribution in [0.4, 0.5) is 0 Å². The Hall–Kier alpha value is -2.43. The molecule has 2 heterocycles. The minimum atomic E-state index is 0.118. The summed E-state index contributed by atoms with van der Waals surface area (Å²) in [5.74, 6) is 0.873. The van der Waals surface area contributed by atoms with Crippen molar-refractivity contribution < 1.29 is 9.53 Å². The van der Waals surface area contributed by atoms with Crippen LogP contribution >= 0.6 is 11.6 Å². The number of nitrogens with zero attached hydrogens (tertiary/aromatic N) is 2. The van der Waals surface area contributed by atoms with Crippen LogP contribution in [0, 0.1) is 0 Å². The molecule has 132 valence electrons. The minimum Gasteiger partial charge on any atom is -0.497 e. The van der Waals surface area contributed by atoms with Crippen LogP contribution in [0.3, 0.4) is 0 Å². The van der Waals surface area contributed by atoms with Crippen LogP contribution in [0.15, 0.2) is 48.5 Å². The van der Waals surface area contributed by atoms with Gasteiger partial charge in [0.25, 0.3) is 0 Å². The van der Waals surface area contributed by atoms with Gasteiger partial charge in [-0.1, -0.05) is 11.6 Å². The first-order valence-corrected chi connectivity index (χ1v) is 8.98. The van der Waals surface area contributed by atoms with Crippen LogP contribution in [0.5, 0.6) is 5.75 Å². The Labute approximate surface area is 157 Å². The van der Waals surface area contributed by atoms with Gasteiger partial charge in [-0.05, 0) is 54.1 Å². The summed E-state index contributed by atoms with van der Waals surface area (Å²) in [4.78, 5) is 19.5. The van der Waals surface area contributed by atoms with Crippen molar-refractivity contribution in [2.45, 2.75) is 13.0 Å². The zero-order valence-corrected chi connectivity index (χ0v) is 15.3. The first kappa shape index (κ1) is 17.0. The van der Waals surface area contributed by atoms with Gasteiger partial charge in [0.15, 0.2) is 5.78 Å². The Morgan fingerprint density at radius 1 is 1.19 bits per heavy atom. The maximum absolute atomic E-state index is 12.6. The highest BCUT2D eigenvalue weighted by Gasteiger charge is 2.20. The molecule has 26 heavy (non-hydrogen) atoms. The smallest absolute Gasteiger partial charge is 0.176 e. The zero-order chi connectivity index (χ0) is 18.1. The molecule has 0 spiro atoms. The Morgan fingerprint density at radius 2 is 2.00 bits per heavy atom. The molecule has 5 heteroatoms. The van der Waals surface area contributed by atoms with Crippen molar-refractivity contribution in [3.8, 4) is 5.75 Å². The van der Waals surface area contributed by atoms with Gasteiger partial charge in [-0.2, -0.15) is 0 Å². The molecule has 4 nitrogen and oxygen atoms in total. The third-order valence-electron chi connectivity index (χ3n) is 4.78. The van der Waals surface area contributed by atoms with Gasteiger partial charge in [0.1, 0.15) is 5.75 Å². The average Bonchev–Trinajstić information content (AvgIpc) is 2.66. The van der Waals surface area contributed by atoms with Crippen molar-refractivity contribution in [1.29, 1.82) is 0 Å². The average molecular weight is 367 g/mol. The highest BCUT2D eigenvalue weighted by atomic mass is 35.5. The second-order valence-corrected chi connectivity index (χ2v) is 6.98. The molecule has 4 rings (SSSR count). The number of aromatic nitrogens is 1. The molecule has 1 aliphatic heterocycles. The van der Waals surface area contributed by atoms with E-state index in [9.17, 15) is 4.79 Å². The van der Waals surface area contributed by atoms with Crippen LogP contribution < -0.4 is 4.74 Å². The lowest BCUT2D eigenvalue weighted by atomic mass is 10.0. The predicted octanol–water partition coefficient (Wildman–Crippen LogP) is 4.14. The minimum absolute atomic E-state index is 0.118. The molecular formula is C21H19ClN2O2. The highest BCUT2D eigenvalue weighted by Crippen LogP contribution is 2.25. The topological polar surface area (TPSA) is 42.4 Å². The van der Waals surface area contributed by atoms with E-state index < -0.39 is 0 Å². The summed E-state index contributed by atoms with van der Waals surface area (Å²) in [6.45, 7) is 1.97. The van der Waals surface area contributed by atoms with E-state index in [0.29, 0.717) is 17.1 Å². The van der Waals surface area contributed by atoms with Gasteiger partial charge in [0.05, 0.1) is 19.2 Å². The van der Waals surface area contributed by atoms with E-state index in [2.05, 4.69) is 11.0 Å². The number of methoxy groups -OCH3 is 1. The van der Waals surface area contributed by atoms with E-state index >= 15 is 0 Å². The van der Waals surface area contributed by atoms with Crippen LogP contribution in [-0.4, -0.2) is 35.9 Å². The molecule has 0 aliphatic carbocycles. The molecule has 0 amide bonds. The molecule has 0 atom stereocenters. The first-order valence-electron chi connectivity index (χ1n) is 8.60. The van der Waals surface area contributed by atoms with Gasteiger partial charge in [0, 0.05) is 41.2 Å². The summed E-state index contributed by atoms with van der Waals surface area (Å²) in [6.07, 6.45) is 0.851. The van der Waals surface area contributed by atoms with Crippen molar-refractivity contribution in [2.75, 3.05) is 20.2 Å². The summed E-state index contributed by atoms with van der Waals surface area (Å²) >= 11 is 6.10. The molecule has 3 aromatic rings. The SMILES string of the molecule is COc1ccc(C(=O)CN2CCc3nc4ccc(Cl)cc4cc3C2)cc1. The lowest BCUT2D eigenvalue weighted by Gasteiger charge is -2.27. The number of ketones is 1. The lowest BCUT2D eigenvalue weighted by molar-refractivity contribution is 0.0921. The summed E-state index contributed by atoms with van der Waals surface area (Å²) in [6, 6.07) is 15.2. The normalized spacial score (nSPS) is 14.2. The van der Waals surface area contributed by atoms with Crippen molar-refractivity contribution in [3.05, 3.63) is 70.4 Å². The number of hydrogen-bond donors (Lipinski definition) is 0. The van der Waals surface area contributed by atoms with Crippen molar-refractivity contribution in [2.24, 2.45) is 0 Å². The van der Waals surface area contributed by atoms with Gasteiger partial charge in [-0.25, -0.2) is 0 Å². The fourth-order valence-electron chi connectivity index (χ4n) is 3.37. The highest BCUT2D eigenvalue weighted by molar-refractivity contribution is 6.31. The van der Waals surface area contributed by atoms with Crippen LogP contribution in [0.2, 0.25) is 5.02 Å². The third-order valence-corrected chi connectivity index (χ3v) is 5.02. The molecule has 0 saturated carbocycles. The van der Waals surface area contributed by atoms with Gasteiger partial charge in [0.2, 0.25) is 0 Å². The van der Waals surface area contributed by atoms with E-state index in [1.165, 1.54) is 5.56 Å². The summed E-state index contributed by atoms with van der Waals surface area (Å²) in [5, 5.41) is 1.75. The molecule has 0 unspecified atom stereocenters. The van der Waals surface area contributed by atoms with E-state index in [-0.39, 0.29) is 5.78 Å². The van der Waals surface area contributed by atoms with Gasteiger partial charge >= 0.3 is 0 Å². The number of halogens is 1. The molecule has 0 saturated heterocycles. The molecular weight excluding hydrogens is 348 g/mol. The van der Waals surface area contributed by atoms with Gasteiger partial charge < -0.3 is 4.74 Å². The Balaban J connectivity index is 1.51. The summed E-state index contributed by atoms with van der Waals surface area (Å²) in [5.41, 5.74) is 3.97. The molecule has 2 aromatic carbocycles. The summed E-state index contributed by atoms with van der Waals surface area (Å²) < 4.78 is 5.14. The van der Waals surface area contributed by atoms with E-state index in [0.717, 1.165) is 41.9 Å². The Bertz CT molecular complexity index is 970. The number of carbonyl (C=O) groups is 1. The molecule has 0 N–H and O–H groups in total. The maximum Gasteiger partial charge on any atom is 0.176 e. The fraction of sp³-hybridized carbons (Fsp3) is 0.238. The van der Waals surface area contributed by atoms with Crippen LogP contribution in [0.25, 0.3) is 10.9 Å². The number of ether oxygens (including phenoxy) is 1. The fourth-order valence-corrected chi connectivity index (χ4v) is 3.56. The van der Waals surface area contributed by atoms with Crippen molar-refractivity contribution in [1.82, 2.24) is 9.88 Å². The number of pyridine rings is 1. The van der Waals surface area contributed by atoms with Crippen molar-refractivity contribution >= 4 is 28.3 Å². The molecule has 0 fully saturated rings. The van der Waals surface area contributed by atoms with Crippen molar-refractivity contribution in [3.63, 3.8) is 0 Å². The number of Topliss-reactive ketones (excluding diaryl/α,β-unsaturated/α-hetero) is 1. The molecule has 0 bridgehead atoms. The molecule has 1 aliphatic rings. The second-order valence-electron chi connectivity index (χ2n) is 6.54. The van der Waals surface area contributed by atoms with E-state index in [4.69, 9.17) is 21.3 Å². The monoisotopic (exact) mass is 366 g/mol. The number of hydrogen-bond acceptors (Lipinski definition) is 4. The summed E-state index contributed by atoms with van der Waals surface area (Å²) in [7, 11) is 1.62. The van der Waals surface area contributed by atoms with E-state index in [1.54, 1.807) is 7.11 Å². The standard InChI is InChI=1S/C21H19ClN2O2/c1-26-18-5-2-14(3-6-18)21(25)13-24-9-8-20-16(12-24)10-15-11-17(22)4-7-19(15)23-20/h2-7,10-11H,8-9,12-13H2,1H3. The largest absolute Gasteiger partial charge is 0.497 e. The maximum atomic E-state index is 12.6. The third kappa shape index (κ3) is 3.43. The first-order chi connectivity index (χ1) is 12.6. The zero-order valence-electron chi connectivity index (χ0n) is 14.5. The molecule has 0 radical (unpaired) electrons. The quantitative estimate of drug-likeness (QED) is 0.651. The Kier molecular flexibility index (Phi) is 4.62. The predicted molar refractivity (Wildman–Crippen MR) is 103 cm³/mol. The lowest BCUT2D eigenvalue weighted by Crippen LogP contribution is -2.35. The number of fused-ring (bicyclic) bond motifs is 2. The van der Waals surface area contributed by atoms with Crippen LogP contribution in [0.1, 0.15) is 21.6 Å². The van der Waals surface area contributed by atoms with E-state index in [1.807, 2.05) is 42.5 Å². The Morgan fingerprint density at radius 3 is 2.77 bits per heavy atom. The number of benzene rings is 2. The van der Waals surface area contributed by atoms with Gasteiger partial charge in [-0.3, -0.25) is 14.7 Å². The second kappa shape index (κ2) is 7.06. The number of rotatable bonds is 4.